The fourth-order valence-electron chi connectivity index (χ4n) is 5.87. The molecule has 0 saturated carbocycles. The molecule has 1 aliphatic heterocycles. The highest BCUT2D eigenvalue weighted by Crippen LogP contribution is 2.38. The first-order valence-corrected chi connectivity index (χ1v) is 14.4. The van der Waals surface area contributed by atoms with E-state index in [2.05, 4.69) is 155 Å². The molecule has 2 nitrogen and oxygen atoms in total. The Labute approximate surface area is 242 Å². The van der Waals surface area contributed by atoms with E-state index < -0.39 is 0 Å². The van der Waals surface area contributed by atoms with Crippen LogP contribution in [0.25, 0.3) is 54.9 Å². The molecule has 6 aromatic carbocycles. The van der Waals surface area contributed by atoms with Gasteiger partial charge in [0, 0.05) is 0 Å². The van der Waals surface area contributed by atoms with Crippen LogP contribution in [0.5, 0.6) is 0 Å². The largest absolute Gasteiger partial charge is 0.494 e. The monoisotopic (exact) mass is 532 g/mol. The van der Waals surface area contributed by atoms with Crippen LogP contribution in [0.2, 0.25) is 0 Å². The molecule has 0 N–H and O–H groups in total. The first-order valence-electron chi connectivity index (χ1n) is 14.4. The molecule has 1 heterocycles. The van der Waals surface area contributed by atoms with E-state index in [1.807, 2.05) is 0 Å². The Morgan fingerprint density at radius 1 is 0.439 bits per heavy atom. The average Bonchev–Trinajstić information content (AvgIpc) is 3.22. The highest BCUT2D eigenvalue weighted by molar-refractivity contribution is 6.62. The van der Waals surface area contributed by atoms with Crippen LogP contribution in [0, 0.1) is 0 Å². The Balaban J connectivity index is 1.24. The molecule has 0 bridgehead atoms. The Morgan fingerprint density at radius 2 is 1.00 bits per heavy atom. The minimum Gasteiger partial charge on any atom is -0.399 e. The number of hydrogen-bond donors (Lipinski definition) is 0. The molecule has 0 radical (unpaired) electrons. The Morgan fingerprint density at radius 3 is 1.78 bits per heavy atom. The first-order chi connectivity index (χ1) is 19.8. The van der Waals surface area contributed by atoms with Crippen molar-refractivity contribution in [1.29, 1.82) is 0 Å². The van der Waals surface area contributed by atoms with Crippen molar-refractivity contribution in [2.24, 2.45) is 0 Å². The second kappa shape index (κ2) is 9.73. The molecule has 1 fully saturated rings. The van der Waals surface area contributed by atoms with Crippen molar-refractivity contribution in [2.75, 3.05) is 0 Å². The molecule has 7 rings (SSSR count). The highest BCUT2D eigenvalue weighted by atomic mass is 16.7. The van der Waals surface area contributed by atoms with Gasteiger partial charge in [-0.1, -0.05) is 115 Å². The zero-order valence-electron chi connectivity index (χ0n) is 24.0. The summed E-state index contributed by atoms with van der Waals surface area (Å²) in [7, 11) is -0.371. The van der Waals surface area contributed by atoms with Crippen molar-refractivity contribution >= 4 is 34.1 Å². The second-order valence-corrected chi connectivity index (χ2v) is 12.1. The number of rotatable bonds is 4. The van der Waals surface area contributed by atoms with Crippen LogP contribution >= 0.6 is 0 Å². The maximum atomic E-state index is 6.31. The molecule has 0 atom stereocenters. The standard InChI is InChI=1S/C38H33BO2/c1-37(2)38(3,4)41-39(40-37)32-14-9-13-27(25-32)28-19-20-30-24-31(22-21-29(30)23-28)34-16-7-8-17-35(34)36-18-10-12-26-11-5-6-15-33(26)36/h5-25H,1-4H3. The van der Waals surface area contributed by atoms with Crippen molar-refractivity contribution < 1.29 is 9.31 Å². The van der Waals surface area contributed by atoms with Gasteiger partial charge in [0.15, 0.2) is 0 Å². The molecule has 1 aliphatic rings. The van der Waals surface area contributed by atoms with E-state index >= 15 is 0 Å². The lowest BCUT2D eigenvalue weighted by Gasteiger charge is -2.32. The van der Waals surface area contributed by atoms with Gasteiger partial charge < -0.3 is 9.31 Å². The smallest absolute Gasteiger partial charge is 0.399 e. The summed E-state index contributed by atoms with van der Waals surface area (Å²) in [5.41, 5.74) is 7.63. The lowest BCUT2D eigenvalue weighted by Crippen LogP contribution is -2.41. The van der Waals surface area contributed by atoms with Crippen molar-refractivity contribution in [3.8, 4) is 33.4 Å². The molecule has 6 aromatic rings. The summed E-state index contributed by atoms with van der Waals surface area (Å²) in [6, 6.07) is 45.9. The summed E-state index contributed by atoms with van der Waals surface area (Å²) < 4.78 is 12.6. The van der Waals surface area contributed by atoms with E-state index in [0.717, 1.165) is 11.0 Å². The Bertz CT molecular complexity index is 1900. The van der Waals surface area contributed by atoms with Gasteiger partial charge in [-0.2, -0.15) is 0 Å². The third kappa shape index (κ3) is 4.56. The molecular formula is C38H33BO2. The average molecular weight is 532 g/mol. The minimum absolute atomic E-state index is 0.361. The normalized spacial score (nSPS) is 16.0. The minimum atomic E-state index is -0.371. The lowest BCUT2D eigenvalue weighted by molar-refractivity contribution is 0.00578. The highest BCUT2D eigenvalue weighted by Gasteiger charge is 2.51. The van der Waals surface area contributed by atoms with E-state index in [0.29, 0.717) is 0 Å². The Hall–Kier alpha value is -4.18. The quantitative estimate of drug-likeness (QED) is 0.211. The Kier molecular flexibility index (Phi) is 6.12. The van der Waals surface area contributed by atoms with E-state index in [1.165, 1.54) is 49.4 Å². The van der Waals surface area contributed by atoms with E-state index in [1.54, 1.807) is 0 Å². The van der Waals surface area contributed by atoms with Gasteiger partial charge >= 0.3 is 7.12 Å². The third-order valence-corrected chi connectivity index (χ3v) is 8.90. The zero-order chi connectivity index (χ0) is 28.2. The van der Waals surface area contributed by atoms with Crippen LogP contribution in [0.4, 0.5) is 0 Å². The van der Waals surface area contributed by atoms with E-state index in [9.17, 15) is 0 Å². The van der Waals surface area contributed by atoms with E-state index in [4.69, 9.17) is 9.31 Å². The molecule has 0 amide bonds. The molecule has 0 unspecified atom stereocenters. The second-order valence-electron chi connectivity index (χ2n) is 12.1. The molecule has 200 valence electrons. The van der Waals surface area contributed by atoms with Gasteiger partial charge in [-0.25, -0.2) is 0 Å². The van der Waals surface area contributed by atoms with Gasteiger partial charge in [-0.3, -0.25) is 0 Å². The van der Waals surface area contributed by atoms with Crippen molar-refractivity contribution in [2.45, 2.75) is 38.9 Å². The van der Waals surface area contributed by atoms with Crippen LogP contribution in [0.3, 0.4) is 0 Å². The van der Waals surface area contributed by atoms with Gasteiger partial charge in [0.1, 0.15) is 0 Å². The lowest BCUT2D eigenvalue weighted by atomic mass is 9.78. The summed E-state index contributed by atoms with van der Waals surface area (Å²) >= 11 is 0. The SMILES string of the molecule is CC1(C)OB(c2cccc(-c3ccc4cc(-c5ccccc5-c5cccc6ccccc56)ccc4c3)c2)OC1(C)C. The summed E-state index contributed by atoms with van der Waals surface area (Å²) in [4.78, 5) is 0. The van der Waals surface area contributed by atoms with Crippen molar-refractivity contribution in [3.05, 3.63) is 127 Å². The third-order valence-electron chi connectivity index (χ3n) is 8.90. The van der Waals surface area contributed by atoms with Gasteiger partial charge in [-0.15, -0.1) is 0 Å². The van der Waals surface area contributed by atoms with Crippen LogP contribution in [0.15, 0.2) is 127 Å². The zero-order valence-corrected chi connectivity index (χ0v) is 24.0. The fourth-order valence-corrected chi connectivity index (χ4v) is 5.87. The molecular weight excluding hydrogens is 499 g/mol. The van der Waals surface area contributed by atoms with Gasteiger partial charge in [-0.05, 0) is 100 Å². The van der Waals surface area contributed by atoms with Crippen LogP contribution in [-0.2, 0) is 9.31 Å². The maximum absolute atomic E-state index is 6.31. The number of fused-ring (bicyclic) bond motifs is 2. The maximum Gasteiger partial charge on any atom is 0.494 e. The van der Waals surface area contributed by atoms with E-state index in [-0.39, 0.29) is 18.3 Å². The van der Waals surface area contributed by atoms with Gasteiger partial charge in [0.2, 0.25) is 0 Å². The predicted molar refractivity (Wildman–Crippen MR) is 173 cm³/mol. The first kappa shape index (κ1) is 25.8. The van der Waals surface area contributed by atoms with Gasteiger partial charge in [0.05, 0.1) is 11.2 Å². The van der Waals surface area contributed by atoms with Crippen molar-refractivity contribution in [3.63, 3.8) is 0 Å². The number of benzene rings is 6. The molecule has 0 spiro atoms. The molecule has 41 heavy (non-hydrogen) atoms. The summed E-state index contributed by atoms with van der Waals surface area (Å²) in [6.07, 6.45) is 0. The van der Waals surface area contributed by atoms with Crippen LogP contribution < -0.4 is 5.46 Å². The van der Waals surface area contributed by atoms with Crippen LogP contribution in [-0.4, -0.2) is 18.3 Å². The van der Waals surface area contributed by atoms with Crippen LogP contribution in [0.1, 0.15) is 27.7 Å². The van der Waals surface area contributed by atoms with Crippen molar-refractivity contribution in [1.82, 2.24) is 0 Å². The molecule has 3 heteroatoms. The summed E-state index contributed by atoms with van der Waals surface area (Å²) in [5, 5.41) is 4.97. The summed E-state index contributed by atoms with van der Waals surface area (Å²) in [5.74, 6) is 0. The van der Waals surface area contributed by atoms with Gasteiger partial charge in [0.25, 0.3) is 0 Å². The predicted octanol–water partition coefficient (Wildman–Crippen LogP) is 9.29. The fraction of sp³-hybridized carbons (Fsp3) is 0.158. The topological polar surface area (TPSA) is 18.5 Å². The molecule has 1 saturated heterocycles. The molecule has 0 aromatic heterocycles. The number of hydrogen-bond acceptors (Lipinski definition) is 2. The molecule has 0 aliphatic carbocycles. The summed E-state index contributed by atoms with van der Waals surface area (Å²) in [6.45, 7) is 8.37.